The van der Waals surface area contributed by atoms with Crippen LogP contribution in [0.3, 0.4) is 0 Å². The van der Waals surface area contributed by atoms with Crippen LogP contribution in [0.15, 0.2) is 72.9 Å². The van der Waals surface area contributed by atoms with Crippen LogP contribution < -0.4 is 16.0 Å². The predicted octanol–water partition coefficient (Wildman–Crippen LogP) is 4.15. The number of hydrogen-bond donors (Lipinski definition) is 3. The lowest BCUT2D eigenvalue weighted by atomic mass is 10.1. The fraction of sp³-hybridized carbons (Fsp3) is 0.174. The van der Waals surface area contributed by atoms with Gasteiger partial charge in [0, 0.05) is 24.8 Å². The molecule has 0 aliphatic carbocycles. The number of aromatic nitrogens is 1. The zero-order valence-corrected chi connectivity index (χ0v) is 16.3. The second-order valence-electron chi connectivity index (χ2n) is 6.66. The molecular formula is C23H24N4O2. The van der Waals surface area contributed by atoms with E-state index >= 15 is 0 Å². The van der Waals surface area contributed by atoms with Gasteiger partial charge in [-0.3, -0.25) is 9.59 Å². The molecule has 0 aliphatic heterocycles. The van der Waals surface area contributed by atoms with Crippen molar-refractivity contribution in [1.29, 1.82) is 0 Å². The molecule has 3 N–H and O–H groups in total. The Morgan fingerprint density at radius 1 is 0.862 bits per heavy atom. The van der Waals surface area contributed by atoms with E-state index in [9.17, 15) is 9.59 Å². The molecule has 29 heavy (non-hydrogen) atoms. The fourth-order valence-electron chi connectivity index (χ4n) is 2.84. The van der Waals surface area contributed by atoms with Gasteiger partial charge < -0.3 is 16.0 Å². The Morgan fingerprint density at radius 2 is 1.55 bits per heavy atom. The van der Waals surface area contributed by atoms with Gasteiger partial charge in [-0.25, -0.2) is 4.98 Å². The van der Waals surface area contributed by atoms with Gasteiger partial charge in [-0.05, 0) is 54.8 Å². The zero-order chi connectivity index (χ0) is 20.5. The predicted molar refractivity (Wildman–Crippen MR) is 115 cm³/mol. The second kappa shape index (κ2) is 10.0. The SMILES string of the molecule is CC(=O)Nc1ccc(Nc2ccc(C(=O)NCCCc3ccccc3)nc2)cc1. The summed E-state index contributed by atoms with van der Waals surface area (Å²) in [7, 11) is 0. The van der Waals surface area contributed by atoms with Gasteiger partial charge in [-0.1, -0.05) is 30.3 Å². The highest BCUT2D eigenvalue weighted by Crippen LogP contribution is 2.18. The summed E-state index contributed by atoms with van der Waals surface area (Å²) in [5.74, 6) is -0.284. The maximum atomic E-state index is 12.2. The van der Waals surface area contributed by atoms with E-state index < -0.39 is 0 Å². The molecule has 6 heteroatoms. The number of rotatable bonds is 8. The molecule has 1 heterocycles. The number of nitrogens with zero attached hydrogens (tertiary/aromatic N) is 1. The lowest BCUT2D eigenvalue weighted by Gasteiger charge is -2.09. The maximum Gasteiger partial charge on any atom is 0.269 e. The van der Waals surface area contributed by atoms with E-state index in [1.165, 1.54) is 12.5 Å². The molecule has 3 rings (SSSR count). The summed E-state index contributed by atoms with van der Waals surface area (Å²) in [5.41, 5.74) is 4.02. The number of amides is 2. The van der Waals surface area contributed by atoms with E-state index in [4.69, 9.17) is 0 Å². The molecule has 0 bridgehead atoms. The Hall–Kier alpha value is -3.67. The molecule has 0 radical (unpaired) electrons. The molecule has 6 nitrogen and oxygen atoms in total. The first kappa shape index (κ1) is 20.1. The van der Waals surface area contributed by atoms with E-state index in [0.717, 1.165) is 29.9 Å². The molecule has 3 aromatic rings. The van der Waals surface area contributed by atoms with Crippen LogP contribution in [0.2, 0.25) is 0 Å². The van der Waals surface area contributed by atoms with Crippen LogP contribution in [0.1, 0.15) is 29.4 Å². The lowest BCUT2D eigenvalue weighted by molar-refractivity contribution is -0.114. The molecule has 0 fully saturated rings. The number of anilines is 3. The van der Waals surface area contributed by atoms with E-state index in [2.05, 4.69) is 33.1 Å². The third kappa shape index (κ3) is 6.46. The van der Waals surface area contributed by atoms with Gasteiger partial charge in [-0.2, -0.15) is 0 Å². The van der Waals surface area contributed by atoms with E-state index in [1.807, 2.05) is 48.5 Å². The van der Waals surface area contributed by atoms with E-state index in [0.29, 0.717) is 12.2 Å². The Labute approximate surface area is 170 Å². The first-order valence-corrected chi connectivity index (χ1v) is 9.53. The molecule has 0 aliphatic rings. The van der Waals surface area contributed by atoms with Gasteiger partial charge >= 0.3 is 0 Å². The van der Waals surface area contributed by atoms with Crippen molar-refractivity contribution < 1.29 is 9.59 Å². The topological polar surface area (TPSA) is 83.1 Å². The van der Waals surface area contributed by atoms with Gasteiger partial charge in [0.15, 0.2) is 0 Å². The van der Waals surface area contributed by atoms with Crippen LogP contribution in [0.25, 0.3) is 0 Å². The van der Waals surface area contributed by atoms with Crippen LogP contribution in [-0.2, 0) is 11.2 Å². The maximum absolute atomic E-state index is 12.2. The molecule has 0 spiro atoms. The molecule has 0 unspecified atom stereocenters. The highest BCUT2D eigenvalue weighted by atomic mass is 16.2. The molecular weight excluding hydrogens is 364 g/mol. The highest BCUT2D eigenvalue weighted by Gasteiger charge is 2.06. The summed E-state index contributed by atoms with van der Waals surface area (Å²) in [6.07, 6.45) is 3.43. The van der Waals surface area contributed by atoms with Crippen molar-refractivity contribution in [3.63, 3.8) is 0 Å². The summed E-state index contributed by atoms with van der Waals surface area (Å²) in [5, 5.41) is 8.84. The molecule has 0 saturated carbocycles. The molecule has 0 saturated heterocycles. The van der Waals surface area contributed by atoms with Crippen LogP contribution >= 0.6 is 0 Å². The summed E-state index contributed by atoms with van der Waals surface area (Å²) < 4.78 is 0. The Kier molecular flexibility index (Phi) is 6.95. The average Bonchev–Trinajstić information content (AvgIpc) is 2.73. The largest absolute Gasteiger partial charge is 0.354 e. The van der Waals surface area contributed by atoms with Gasteiger partial charge in [0.05, 0.1) is 11.9 Å². The van der Waals surface area contributed by atoms with Crippen LogP contribution in [0.5, 0.6) is 0 Å². The van der Waals surface area contributed by atoms with Gasteiger partial charge in [0.1, 0.15) is 5.69 Å². The minimum Gasteiger partial charge on any atom is -0.354 e. The number of carbonyl (C=O) groups excluding carboxylic acids is 2. The third-order valence-electron chi connectivity index (χ3n) is 4.26. The smallest absolute Gasteiger partial charge is 0.269 e. The normalized spacial score (nSPS) is 10.2. The Balaban J connectivity index is 1.46. The monoisotopic (exact) mass is 388 g/mol. The van der Waals surface area contributed by atoms with E-state index in [-0.39, 0.29) is 11.8 Å². The summed E-state index contributed by atoms with van der Waals surface area (Å²) in [6, 6.07) is 21.1. The number of aryl methyl sites for hydroxylation is 1. The van der Waals surface area contributed by atoms with Crippen LogP contribution in [0, 0.1) is 0 Å². The average molecular weight is 388 g/mol. The van der Waals surface area contributed by atoms with Gasteiger partial charge in [-0.15, -0.1) is 0 Å². The first-order chi connectivity index (χ1) is 14.1. The zero-order valence-electron chi connectivity index (χ0n) is 16.3. The van der Waals surface area contributed by atoms with Crippen molar-refractivity contribution in [2.75, 3.05) is 17.2 Å². The molecule has 2 amide bonds. The van der Waals surface area contributed by atoms with Crippen molar-refractivity contribution in [3.8, 4) is 0 Å². The van der Waals surface area contributed by atoms with Crippen molar-refractivity contribution in [2.45, 2.75) is 19.8 Å². The second-order valence-corrected chi connectivity index (χ2v) is 6.66. The third-order valence-corrected chi connectivity index (χ3v) is 4.26. The minimum absolute atomic E-state index is 0.108. The number of pyridine rings is 1. The molecule has 0 atom stereocenters. The minimum atomic E-state index is -0.177. The quantitative estimate of drug-likeness (QED) is 0.506. The molecule has 148 valence electrons. The van der Waals surface area contributed by atoms with Crippen LogP contribution in [-0.4, -0.2) is 23.3 Å². The van der Waals surface area contributed by atoms with Crippen LogP contribution in [0.4, 0.5) is 17.1 Å². The summed E-state index contributed by atoms with van der Waals surface area (Å²) >= 11 is 0. The van der Waals surface area contributed by atoms with Crippen molar-refractivity contribution >= 4 is 28.9 Å². The van der Waals surface area contributed by atoms with Gasteiger partial charge in [0.25, 0.3) is 5.91 Å². The first-order valence-electron chi connectivity index (χ1n) is 9.53. The molecule has 2 aromatic carbocycles. The van der Waals surface area contributed by atoms with Crippen molar-refractivity contribution in [3.05, 3.63) is 84.2 Å². The molecule has 1 aromatic heterocycles. The number of carbonyl (C=O) groups is 2. The Morgan fingerprint density at radius 3 is 2.21 bits per heavy atom. The highest BCUT2D eigenvalue weighted by molar-refractivity contribution is 5.92. The fourth-order valence-corrected chi connectivity index (χ4v) is 2.84. The number of hydrogen-bond acceptors (Lipinski definition) is 4. The van der Waals surface area contributed by atoms with Crippen molar-refractivity contribution in [2.24, 2.45) is 0 Å². The number of benzene rings is 2. The standard InChI is InChI=1S/C23H24N4O2/c1-17(28)26-19-9-11-20(12-10-19)27-21-13-14-22(25-16-21)23(29)24-15-5-8-18-6-3-2-4-7-18/h2-4,6-7,9-14,16,27H,5,8,15H2,1H3,(H,24,29)(H,26,28). The van der Waals surface area contributed by atoms with Crippen molar-refractivity contribution in [1.82, 2.24) is 10.3 Å². The lowest BCUT2D eigenvalue weighted by Crippen LogP contribution is -2.25. The van der Waals surface area contributed by atoms with E-state index in [1.54, 1.807) is 12.3 Å². The summed E-state index contributed by atoms with van der Waals surface area (Å²) in [4.78, 5) is 27.5. The summed E-state index contributed by atoms with van der Waals surface area (Å²) in [6.45, 7) is 2.08. The van der Waals surface area contributed by atoms with Gasteiger partial charge in [0.2, 0.25) is 5.91 Å². The Bertz CT molecular complexity index is 939. The number of nitrogens with one attached hydrogen (secondary N) is 3.